The fourth-order valence-corrected chi connectivity index (χ4v) is 3.74. The minimum absolute atomic E-state index is 0.135. The van der Waals surface area contributed by atoms with Gasteiger partial charge in [0.05, 0.1) is 17.6 Å². The van der Waals surface area contributed by atoms with E-state index in [9.17, 15) is 4.79 Å². The SMILES string of the molecule is Cc1ccc2nc(COc3cccc(C(=O)NCCc4cnn(-c5ccccc5)c4)c3)cn2c1. The number of hydrogen-bond acceptors (Lipinski definition) is 4. The predicted octanol–water partition coefficient (Wildman–Crippen LogP) is 4.38. The first-order valence-corrected chi connectivity index (χ1v) is 11.2. The molecule has 0 saturated carbocycles. The van der Waals surface area contributed by atoms with E-state index in [0.29, 0.717) is 30.9 Å². The van der Waals surface area contributed by atoms with Gasteiger partial charge in [-0.15, -0.1) is 0 Å². The van der Waals surface area contributed by atoms with E-state index in [2.05, 4.69) is 15.4 Å². The molecule has 0 saturated heterocycles. The number of para-hydroxylation sites is 1. The number of benzene rings is 2. The second-order valence-electron chi connectivity index (χ2n) is 8.16. The van der Waals surface area contributed by atoms with E-state index in [1.807, 2.05) is 95.4 Å². The Morgan fingerprint density at radius 2 is 1.88 bits per heavy atom. The largest absolute Gasteiger partial charge is 0.487 e. The summed E-state index contributed by atoms with van der Waals surface area (Å²) in [6, 6.07) is 21.2. The number of imidazole rings is 1. The number of ether oxygens (including phenoxy) is 1. The van der Waals surface area contributed by atoms with Gasteiger partial charge in [0, 0.05) is 30.7 Å². The van der Waals surface area contributed by atoms with Crippen molar-refractivity contribution in [2.75, 3.05) is 6.54 Å². The Hall–Kier alpha value is -4.39. The molecule has 0 unspecified atom stereocenters. The highest BCUT2D eigenvalue weighted by Gasteiger charge is 2.09. The lowest BCUT2D eigenvalue weighted by Gasteiger charge is -2.08. The summed E-state index contributed by atoms with van der Waals surface area (Å²) in [5.74, 6) is 0.495. The highest BCUT2D eigenvalue weighted by Crippen LogP contribution is 2.16. The van der Waals surface area contributed by atoms with Crippen molar-refractivity contribution in [3.63, 3.8) is 0 Å². The van der Waals surface area contributed by atoms with Crippen molar-refractivity contribution in [1.29, 1.82) is 0 Å². The zero-order chi connectivity index (χ0) is 23.3. The van der Waals surface area contributed by atoms with Crippen LogP contribution in [-0.4, -0.2) is 31.6 Å². The summed E-state index contributed by atoms with van der Waals surface area (Å²) < 4.78 is 9.72. The lowest BCUT2D eigenvalue weighted by molar-refractivity contribution is 0.0953. The first-order valence-electron chi connectivity index (χ1n) is 11.2. The highest BCUT2D eigenvalue weighted by molar-refractivity contribution is 5.94. The van der Waals surface area contributed by atoms with Gasteiger partial charge < -0.3 is 14.5 Å². The normalized spacial score (nSPS) is 11.0. The van der Waals surface area contributed by atoms with Crippen molar-refractivity contribution in [2.45, 2.75) is 20.0 Å². The molecule has 0 aliphatic rings. The van der Waals surface area contributed by atoms with Crippen LogP contribution in [0.5, 0.6) is 5.75 Å². The second-order valence-corrected chi connectivity index (χ2v) is 8.16. The molecule has 0 radical (unpaired) electrons. The molecule has 5 aromatic rings. The molecule has 34 heavy (non-hydrogen) atoms. The lowest BCUT2D eigenvalue weighted by Crippen LogP contribution is -2.25. The minimum atomic E-state index is -0.135. The molecule has 0 atom stereocenters. The van der Waals surface area contributed by atoms with Gasteiger partial charge in [0.1, 0.15) is 18.0 Å². The second kappa shape index (κ2) is 9.62. The van der Waals surface area contributed by atoms with E-state index in [4.69, 9.17) is 4.74 Å². The van der Waals surface area contributed by atoms with Crippen molar-refractivity contribution in [2.24, 2.45) is 0 Å². The van der Waals surface area contributed by atoms with Gasteiger partial charge in [0.15, 0.2) is 0 Å². The fraction of sp³-hybridized carbons (Fsp3) is 0.148. The van der Waals surface area contributed by atoms with Crippen LogP contribution in [0.3, 0.4) is 0 Å². The van der Waals surface area contributed by atoms with Crippen LogP contribution in [0.2, 0.25) is 0 Å². The number of pyridine rings is 1. The van der Waals surface area contributed by atoms with Gasteiger partial charge in [-0.05, 0) is 60.9 Å². The fourth-order valence-electron chi connectivity index (χ4n) is 3.74. The van der Waals surface area contributed by atoms with Gasteiger partial charge in [0.2, 0.25) is 0 Å². The van der Waals surface area contributed by atoms with Crippen LogP contribution in [0.1, 0.15) is 27.2 Å². The molecule has 170 valence electrons. The number of aryl methyl sites for hydroxylation is 1. The Bertz CT molecular complexity index is 1420. The molecule has 2 aromatic carbocycles. The van der Waals surface area contributed by atoms with Crippen molar-refractivity contribution >= 4 is 11.6 Å². The number of aromatic nitrogens is 4. The topological polar surface area (TPSA) is 73.4 Å². The average molecular weight is 452 g/mol. The van der Waals surface area contributed by atoms with Crippen LogP contribution >= 0.6 is 0 Å². The van der Waals surface area contributed by atoms with Gasteiger partial charge in [-0.1, -0.05) is 30.3 Å². The Kier molecular flexibility index (Phi) is 6.07. The number of rotatable bonds is 8. The van der Waals surface area contributed by atoms with Crippen LogP contribution < -0.4 is 10.1 Å². The van der Waals surface area contributed by atoms with Crippen LogP contribution in [-0.2, 0) is 13.0 Å². The summed E-state index contributed by atoms with van der Waals surface area (Å²) in [6.07, 6.45) is 8.50. The molecule has 7 heteroatoms. The first kappa shape index (κ1) is 21.5. The van der Waals surface area contributed by atoms with Gasteiger partial charge in [0.25, 0.3) is 5.91 Å². The monoisotopic (exact) mass is 451 g/mol. The Labute approximate surface area is 197 Å². The molecule has 0 spiro atoms. The summed E-state index contributed by atoms with van der Waals surface area (Å²) in [5.41, 5.74) is 5.50. The smallest absolute Gasteiger partial charge is 0.251 e. The van der Waals surface area contributed by atoms with Crippen molar-refractivity contribution in [3.05, 3.63) is 114 Å². The van der Waals surface area contributed by atoms with Crippen LogP contribution in [0.25, 0.3) is 11.3 Å². The number of nitrogens with one attached hydrogen (secondary N) is 1. The van der Waals surface area contributed by atoms with E-state index in [1.165, 1.54) is 5.56 Å². The molecular weight excluding hydrogens is 426 g/mol. The molecule has 0 bridgehead atoms. The molecule has 1 amide bonds. The first-order chi connectivity index (χ1) is 16.6. The van der Waals surface area contributed by atoms with E-state index in [-0.39, 0.29) is 5.91 Å². The van der Waals surface area contributed by atoms with Gasteiger partial charge in [-0.25, -0.2) is 9.67 Å². The number of hydrogen-bond donors (Lipinski definition) is 1. The summed E-state index contributed by atoms with van der Waals surface area (Å²) in [5, 5.41) is 7.37. The molecular formula is C27H25N5O2. The molecule has 7 nitrogen and oxygen atoms in total. The highest BCUT2D eigenvalue weighted by atomic mass is 16.5. The molecule has 0 aliphatic carbocycles. The Morgan fingerprint density at radius 3 is 2.76 bits per heavy atom. The number of nitrogens with zero attached hydrogens (tertiary/aromatic N) is 4. The third-order valence-corrected chi connectivity index (χ3v) is 5.49. The summed E-state index contributed by atoms with van der Waals surface area (Å²) in [4.78, 5) is 17.2. The number of carbonyl (C=O) groups excluding carboxylic acids is 1. The van der Waals surface area contributed by atoms with E-state index in [1.54, 1.807) is 12.1 Å². The van der Waals surface area contributed by atoms with Gasteiger partial charge in [-0.3, -0.25) is 4.79 Å². The molecule has 0 fully saturated rings. The van der Waals surface area contributed by atoms with Crippen LogP contribution in [0.15, 0.2) is 91.5 Å². The zero-order valence-electron chi connectivity index (χ0n) is 18.9. The summed E-state index contributed by atoms with van der Waals surface area (Å²) in [7, 11) is 0. The molecule has 0 aliphatic heterocycles. The van der Waals surface area contributed by atoms with Crippen molar-refractivity contribution in [1.82, 2.24) is 24.5 Å². The number of fused-ring (bicyclic) bond motifs is 1. The molecule has 5 rings (SSSR count). The van der Waals surface area contributed by atoms with E-state index in [0.717, 1.165) is 22.6 Å². The quantitative estimate of drug-likeness (QED) is 0.380. The maximum Gasteiger partial charge on any atom is 0.251 e. The maximum atomic E-state index is 12.6. The number of carbonyl (C=O) groups is 1. The molecule has 3 aromatic heterocycles. The maximum absolute atomic E-state index is 12.6. The van der Waals surface area contributed by atoms with Crippen LogP contribution in [0.4, 0.5) is 0 Å². The Morgan fingerprint density at radius 1 is 1.00 bits per heavy atom. The average Bonchev–Trinajstić information content (AvgIpc) is 3.50. The summed E-state index contributed by atoms with van der Waals surface area (Å²) >= 11 is 0. The zero-order valence-corrected chi connectivity index (χ0v) is 18.9. The van der Waals surface area contributed by atoms with Gasteiger partial charge >= 0.3 is 0 Å². The predicted molar refractivity (Wildman–Crippen MR) is 130 cm³/mol. The lowest BCUT2D eigenvalue weighted by atomic mass is 10.2. The summed E-state index contributed by atoms with van der Waals surface area (Å²) in [6.45, 7) is 2.89. The third kappa shape index (κ3) is 4.99. The Balaban J connectivity index is 1.14. The molecule has 3 heterocycles. The molecule has 1 N–H and O–H groups in total. The van der Waals surface area contributed by atoms with E-state index >= 15 is 0 Å². The minimum Gasteiger partial charge on any atom is -0.487 e. The standard InChI is InChI=1S/C27H25N5O2/c1-20-10-11-26-30-23(18-31(26)16-20)19-34-25-9-5-6-22(14-25)27(33)28-13-12-21-15-29-32(17-21)24-7-3-2-4-8-24/h2-11,14-18H,12-13,19H2,1H3,(H,28,33). The van der Waals surface area contributed by atoms with E-state index < -0.39 is 0 Å². The van der Waals surface area contributed by atoms with Crippen molar-refractivity contribution in [3.8, 4) is 11.4 Å². The third-order valence-electron chi connectivity index (χ3n) is 5.49. The van der Waals surface area contributed by atoms with Gasteiger partial charge in [-0.2, -0.15) is 5.10 Å². The van der Waals surface area contributed by atoms with Crippen LogP contribution in [0, 0.1) is 6.92 Å². The number of amides is 1. The van der Waals surface area contributed by atoms with Crippen molar-refractivity contribution < 1.29 is 9.53 Å².